The van der Waals surface area contributed by atoms with Crippen LogP contribution in [0.2, 0.25) is 0 Å². The number of aryl methyl sites for hydroxylation is 1. The number of carbonyl (C=O) groups excluding carboxylic acids is 2. The van der Waals surface area contributed by atoms with Crippen molar-refractivity contribution in [3.8, 4) is 11.5 Å². The molecule has 3 aliphatic heterocycles. The van der Waals surface area contributed by atoms with Crippen LogP contribution < -0.4 is 13.8 Å². The van der Waals surface area contributed by atoms with Crippen molar-refractivity contribution in [3.63, 3.8) is 0 Å². The lowest BCUT2D eigenvalue weighted by atomic mass is 9.86. The van der Waals surface area contributed by atoms with Crippen LogP contribution in [0, 0.1) is 6.92 Å². The van der Waals surface area contributed by atoms with Crippen molar-refractivity contribution in [3.05, 3.63) is 83.4 Å². The molecule has 2 fully saturated rings. The van der Waals surface area contributed by atoms with E-state index in [1.54, 1.807) is 66.4 Å². The lowest BCUT2D eigenvalue weighted by molar-refractivity contribution is -0.132. The molecule has 2 saturated heterocycles. The number of carbonyl (C=O) groups is 2. The number of hydrogen-bond acceptors (Lipinski definition) is 9. The van der Waals surface area contributed by atoms with Gasteiger partial charge in [0.2, 0.25) is 5.60 Å². The molecule has 2 amide bonds. The van der Waals surface area contributed by atoms with Crippen molar-refractivity contribution in [2.24, 2.45) is 0 Å². The lowest BCUT2D eigenvalue weighted by Crippen LogP contribution is -2.55. The summed E-state index contributed by atoms with van der Waals surface area (Å²) < 4.78 is 47.8. The summed E-state index contributed by atoms with van der Waals surface area (Å²) in [4.78, 5) is 35.7. The molecule has 0 saturated carbocycles. The third-order valence-electron chi connectivity index (χ3n) is 9.64. The van der Waals surface area contributed by atoms with E-state index in [1.165, 1.54) is 19.2 Å². The van der Waals surface area contributed by atoms with Gasteiger partial charge in [0.1, 0.15) is 11.5 Å². The fourth-order valence-electron chi connectivity index (χ4n) is 6.99. The molecule has 0 N–H and O–H groups in total. The van der Waals surface area contributed by atoms with Crippen LogP contribution in [0.1, 0.15) is 42.9 Å². The molecule has 0 spiro atoms. The Labute approximate surface area is 307 Å². The lowest BCUT2D eigenvalue weighted by Gasteiger charge is -2.42. The number of sulfonamides is 1. The number of para-hydroxylation sites is 1. The third-order valence-corrected chi connectivity index (χ3v) is 11.5. The highest BCUT2D eigenvalue weighted by molar-refractivity contribution is 7.93. The molecule has 3 aromatic carbocycles. The topological polar surface area (TPSA) is 109 Å². The number of ether oxygens (including phenoxy) is 3. The molecule has 0 aliphatic carbocycles. The molecule has 0 radical (unpaired) electrons. The number of methoxy groups -OCH3 is 1. The maximum Gasteiger partial charge on any atom is 0.411 e. The molecule has 1 atom stereocenters. The number of likely N-dealkylation sites (tertiary alicyclic amines) is 1. The number of hydrogen-bond donors (Lipinski definition) is 0. The normalized spacial score (nSPS) is 20.0. The third kappa shape index (κ3) is 7.13. The van der Waals surface area contributed by atoms with Crippen LogP contribution in [-0.2, 0) is 25.2 Å². The molecule has 1 unspecified atom stereocenters. The summed E-state index contributed by atoms with van der Waals surface area (Å²) in [7, 11) is -0.839. The van der Waals surface area contributed by atoms with Crippen molar-refractivity contribution >= 4 is 52.5 Å². The highest BCUT2D eigenvalue weighted by Gasteiger charge is 2.61. The SMILES string of the molecule is CCCOc1ccccc1C1(OC(=O)N2CCN(C3CCN(C)CC3)CC2)C(=O)N(S(=O)(=O)c2ccccc2C)c2ccc(OC)cc21.Cl.Cl. The zero-order valence-electron chi connectivity index (χ0n) is 28.9. The predicted molar refractivity (Wildman–Crippen MR) is 196 cm³/mol. The van der Waals surface area contributed by atoms with E-state index in [2.05, 4.69) is 16.8 Å². The van der Waals surface area contributed by atoms with Gasteiger partial charge < -0.3 is 24.0 Å². The highest BCUT2D eigenvalue weighted by atomic mass is 35.5. The number of fused-ring (bicyclic) bond motifs is 1. The quantitative estimate of drug-likeness (QED) is 0.282. The van der Waals surface area contributed by atoms with Gasteiger partial charge in [-0.1, -0.05) is 43.3 Å². The fourth-order valence-corrected chi connectivity index (χ4v) is 8.67. The number of piperazine rings is 1. The Morgan fingerprint density at radius 1 is 0.900 bits per heavy atom. The molecule has 3 aromatic rings. The van der Waals surface area contributed by atoms with Crippen LogP contribution >= 0.6 is 24.8 Å². The number of anilines is 1. The van der Waals surface area contributed by atoms with Gasteiger partial charge in [-0.05, 0) is 82.2 Å². The van der Waals surface area contributed by atoms with E-state index >= 15 is 4.79 Å². The van der Waals surface area contributed by atoms with Crippen LogP contribution in [0.5, 0.6) is 11.5 Å². The predicted octanol–water partition coefficient (Wildman–Crippen LogP) is 5.46. The standard InChI is InChI=1S/C36H44N4O7S.2ClH/c1-5-24-46-32-12-8-7-11-29(32)36(47-35(42)39-22-20-38(21-23-39)27-16-18-37(3)19-17-27)30-25-28(45-4)14-15-31(30)40(34(36)41)48(43,44)33-13-9-6-10-26(33)2;;/h6-15,25,27H,5,16-24H2,1-4H3;2*1H. The van der Waals surface area contributed by atoms with Crippen LogP contribution in [0.25, 0.3) is 0 Å². The zero-order valence-corrected chi connectivity index (χ0v) is 31.3. The van der Waals surface area contributed by atoms with E-state index in [0.717, 1.165) is 30.2 Å². The second kappa shape index (κ2) is 16.2. The highest BCUT2D eigenvalue weighted by Crippen LogP contribution is 2.52. The van der Waals surface area contributed by atoms with Gasteiger partial charge in [0, 0.05) is 37.8 Å². The second-order valence-corrected chi connectivity index (χ2v) is 14.4. The van der Waals surface area contributed by atoms with Gasteiger partial charge >= 0.3 is 6.09 Å². The summed E-state index contributed by atoms with van der Waals surface area (Å²) in [6, 6.07) is 18.5. The Hall–Kier alpha value is -3.55. The summed E-state index contributed by atoms with van der Waals surface area (Å²) in [5, 5.41) is 0. The molecular formula is C36H46Cl2N4O7S. The Balaban J connectivity index is 0.00000281. The van der Waals surface area contributed by atoms with Gasteiger partial charge in [0.05, 0.1) is 29.9 Å². The molecule has 272 valence electrons. The average molecular weight is 750 g/mol. The monoisotopic (exact) mass is 748 g/mol. The Morgan fingerprint density at radius 3 is 2.22 bits per heavy atom. The molecule has 0 bridgehead atoms. The zero-order chi connectivity index (χ0) is 34.1. The summed E-state index contributed by atoms with van der Waals surface area (Å²) in [5.74, 6) is -0.243. The number of benzene rings is 3. The minimum atomic E-state index is -4.46. The van der Waals surface area contributed by atoms with Gasteiger partial charge in [-0.15, -0.1) is 24.8 Å². The van der Waals surface area contributed by atoms with E-state index in [4.69, 9.17) is 14.2 Å². The summed E-state index contributed by atoms with van der Waals surface area (Å²) >= 11 is 0. The first kappa shape index (κ1) is 39.2. The molecule has 11 nitrogen and oxygen atoms in total. The Morgan fingerprint density at radius 2 is 1.56 bits per heavy atom. The summed E-state index contributed by atoms with van der Waals surface area (Å²) in [6.45, 7) is 8.25. The van der Waals surface area contributed by atoms with Crippen LogP contribution in [0.4, 0.5) is 10.5 Å². The average Bonchev–Trinajstić information content (AvgIpc) is 3.35. The number of amides is 2. The first-order valence-corrected chi connectivity index (χ1v) is 18.0. The minimum Gasteiger partial charge on any atom is -0.497 e. The largest absolute Gasteiger partial charge is 0.497 e. The molecule has 3 aliphatic rings. The first-order valence-electron chi connectivity index (χ1n) is 16.6. The number of nitrogens with zero attached hydrogens (tertiary/aromatic N) is 4. The van der Waals surface area contributed by atoms with E-state index < -0.39 is 27.6 Å². The minimum absolute atomic E-state index is 0. The van der Waals surface area contributed by atoms with E-state index in [9.17, 15) is 13.2 Å². The van der Waals surface area contributed by atoms with Gasteiger partial charge in [-0.2, -0.15) is 4.31 Å². The van der Waals surface area contributed by atoms with Crippen molar-refractivity contribution < 1.29 is 32.2 Å². The Bertz CT molecular complexity index is 1780. The number of halogens is 2. The smallest absolute Gasteiger partial charge is 0.411 e. The van der Waals surface area contributed by atoms with Crippen LogP contribution in [0.15, 0.2) is 71.6 Å². The Kier molecular flexibility index (Phi) is 12.7. The molecule has 6 rings (SSSR count). The summed E-state index contributed by atoms with van der Waals surface area (Å²) in [5.41, 5.74) is -1.22. The summed E-state index contributed by atoms with van der Waals surface area (Å²) in [6.07, 6.45) is 2.14. The number of rotatable bonds is 9. The van der Waals surface area contributed by atoms with E-state index in [-0.39, 0.29) is 46.5 Å². The molecule has 3 heterocycles. The molecular weight excluding hydrogens is 703 g/mol. The second-order valence-electron chi connectivity index (χ2n) is 12.7. The first-order chi connectivity index (χ1) is 23.1. The van der Waals surface area contributed by atoms with Crippen molar-refractivity contribution in [2.45, 2.75) is 49.6 Å². The van der Waals surface area contributed by atoms with Gasteiger partial charge in [0.15, 0.2) is 0 Å². The van der Waals surface area contributed by atoms with Crippen molar-refractivity contribution in [1.82, 2.24) is 14.7 Å². The van der Waals surface area contributed by atoms with E-state index in [1.807, 2.05) is 6.92 Å². The van der Waals surface area contributed by atoms with E-state index in [0.29, 0.717) is 62.3 Å². The molecule has 0 aromatic heterocycles. The molecule has 14 heteroatoms. The van der Waals surface area contributed by atoms with Crippen molar-refractivity contribution in [1.29, 1.82) is 0 Å². The van der Waals surface area contributed by atoms with Gasteiger partial charge in [0.25, 0.3) is 15.9 Å². The van der Waals surface area contributed by atoms with Crippen LogP contribution in [-0.4, -0.2) is 101 Å². The maximum atomic E-state index is 15.1. The van der Waals surface area contributed by atoms with Crippen molar-refractivity contribution in [2.75, 3.05) is 64.3 Å². The fraction of sp³-hybridized carbons (Fsp3) is 0.444. The van der Waals surface area contributed by atoms with Gasteiger partial charge in [-0.3, -0.25) is 9.69 Å². The molecule has 50 heavy (non-hydrogen) atoms. The van der Waals surface area contributed by atoms with Gasteiger partial charge in [-0.25, -0.2) is 13.2 Å². The van der Waals surface area contributed by atoms with Crippen LogP contribution in [0.3, 0.4) is 0 Å². The maximum absolute atomic E-state index is 15.1. The number of piperidine rings is 1.